The topological polar surface area (TPSA) is 71.0 Å². The summed E-state index contributed by atoms with van der Waals surface area (Å²) in [5.74, 6) is 0.200. The maximum Gasteiger partial charge on any atom is 0.203 e. The molecule has 2 N–H and O–H groups in total. The van der Waals surface area contributed by atoms with Crippen molar-refractivity contribution in [2.24, 2.45) is 0 Å². The Hall–Kier alpha value is -2.82. The molecule has 0 aliphatic heterocycles. The van der Waals surface area contributed by atoms with E-state index in [9.17, 15) is 9.90 Å². The fourth-order valence-electron chi connectivity index (χ4n) is 3.95. The molecule has 0 unspecified atom stereocenters. The largest absolute Gasteiger partial charge is 0.507 e. The lowest BCUT2D eigenvalue weighted by molar-refractivity contribution is 0.0971. The maximum absolute atomic E-state index is 13.4. The van der Waals surface area contributed by atoms with Crippen molar-refractivity contribution in [1.82, 2.24) is 9.13 Å². The van der Waals surface area contributed by atoms with Crippen molar-refractivity contribution in [3.8, 4) is 5.75 Å². The minimum absolute atomic E-state index is 0.0662. The molecule has 5 heteroatoms. The fraction of sp³-hybridized carbons (Fsp3) is 0.440. The van der Waals surface area contributed by atoms with E-state index in [1.165, 1.54) is 0 Å². The SMILES string of the molecule is CCn1c(=N)n(CC(=O)c2cc(C(C)(C)C)c(O)c(C(C)(C)C)c2)c2ccccc21. The summed E-state index contributed by atoms with van der Waals surface area (Å²) in [5, 5.41) is 19.5. The number of aryl methyl sites for hydroxylation is 1. The molecular formula is C25H33N3O2. The van der Waals surface area contributed by atoms with Crippen LogP contribution >= 0.6 is 0 Å². The molecule has 3 rings (SSSR count). The van der Waals surface area contributed by atoms with Crippen LogP contribution < -0.4 is 5.62 Å². The summed E-state index contributed by atoms with van der Waals surface area (Å²) in [6, 6.07) is 11.4. The van der Waals surface area contributed by atoms with Crippen molar-refractivity contribution >= 4 is 16.8 Å². The number of hydrogen-bond donors (Lipinski definition) is 2. The van der Waals surface area contributed by atoms with Crippen LogP contribution in [0.4, 0.5) is 0 Å². The van der Waals surface area contributed by atoms with Crippen molar-refractivity contribution in [3.05, 3.63) is 58.7 Å². The highest BCUT2D eigenvalue weighted by atomic mass is 16.3. The van der Waals surface area contributed by atoms with Gasteiger partial charge in [-0.2, -0.15) is 0 Å². The van der Waals surface area contributed by atoms with Crippen LogP contribution in [0.15, 0.2) is 36.4 Å². The number of phenolic OH excluding ortho intramolecular Hbond substituents is 1. The summed E-state index contributed by atoms with van der Waals surface area (Å²) in [5.41, 5.74) is 3.66. The third-order valence-electron chi connectivity index (χ3n) is 5.64. The van der Waals surface area contributed by atoms with Crippen molar-refractivity contribution in [1.29, 1.82) is 5.41 Å². The Morgan fingerprint density at radius 2 is 1.40 bits per heavy atom. The standard InChI is InChI=1S/C25H33N3O2/c1-8-27-19-11-9-10-12-20(19)28(23(27)26)15-21(29)16-13-17(24(2,3)4)22(30)18(14-16)25(5,6)7/h9-14,26,30H,8,15H2,1-7H3. The number of rotatable bonds is 4. The second-order valence-corrected chi connectivity index (χ2v) is 9.99. The summed E-state index contributed by atoms with van der Waals surface area (Å²) in [4.78, 5) is 13.4. The van der Waals surface area contributed by atoms with Gasteiger partial charge in [-0.3, -0.25) is 10.2 Å². The lowest BCUT2D eigenvalue weighted by Gasteiger charge is -2.28. The van der Waals surface area contributed by atoms with E-state index < -0.39 is 0 Å². The number of phenols is 1. The molecule has 1 aromatic heterocycles. The Labute approximate surface area is 178 Å². The van der Waals surface area contributed by atoms with E-state index in [-0.39, 0.29) is 28.9 Å². The van der Waals surface area contributed by atoms with Crippen molar-refractivity contribution in [3.63, 3.8) is 0 Å². The Morgan fingerprint density at radius 1 is 0.933 bits per heavy atom. The van der Waals surface area contributed by atoms with Gasteiger partial charge < -0.3 is 14.2 Å². The first kappa shape index (κ1) is 21.9. The van der Waals surface area contributed by atoms with E-state index in [2.05, 4.69) is 0 Å². The van der Waals surface area contributed by atoms with Gasteiger partial charge in [0.2, 0.25) is 5.62 Å². The molecule has 0 fully saturated rings. The van der Waals surface area contributed by atoms with Crippen molar-refractivity contribution in [2.75, 3.05) is 0 Å². The average Bonchev–Trinajstić information content (AvgIpc) is 2.91. The zero-order valence-electron chi connectivity index (χ0n) is 19.1. The first-order valence-corrected chi connectivity index (χ1v) is 10.5. The fourth-order valence-corrected chi connectivity index (χ4v) is 3.95. The van der Waals surface area contributed by atoms with Crippen LogP contribution in [0.2, 0.25) is 0 Å². The molecule has 0 atom stereocenters. The Morgan fingerprint density at radius 3 is 1.83 bits per heavy atom. The number of ketones is 1. The number of Topliss-reactive ketones (excluding diaryl/α,β-unsaturated/α-hetero) is 1. The van der Waals surface area contributed by atoms with Crippen molar-refractivity contribution in [2.45, 2.75) is 72.4 Å². The maximum atomic E-state index is 13.4. The molecule has 160 valence electrons. The molecule has 0 saturated heterocycles. The Bertz CT molecular complexity index is 1130. The van der Waals surface area contributed by atoms with Crippen molar-refractivity contribution < 1.29 is 9.90 Å². The number of imidazole rings is 1. The second kappa shape index (κ2) is 7.46. The molecule has 0 amide bonds. The monoisotopic (exact) mass is 407 g/mol. The number of nitrogens with one attached hydrogen (secondary N) is 1. The number of para-hydroxylation sites is 2. The van der Waals surface area contributed by atoms with Gasteiger partial charge in [-0.15, -0.1) is 0 Å². The van der Waals surface area contributed by atoms with Gasteiger partial charge in [-0.25, -0.2) is 0 Å². The second-order valence-electron chi connectivity index (χ2n) is 9.99. The molecule has 0 saturated carbocycles. The van der Waals surface area contributed by atoms with Gasteiger partial charge in [0.05, 0.1) is 17.6 Å². The minimum atomic E-state index is -0.299. The summed E-state index contributed by atoms with van der Waals surface area (Å²) in [6.45, 7) is 15.0. The third-order valence-corrected chi connectivity index (χ3v) is 5.64. The van der Waals surface area contributed by atoms with Gasteiger partial charge in [0.25, 0.3) is 0 Å². The summed E-state index contributed by atoms with van der Waals surface area (Å²) < 4.78 is 3.67. The quantitative estimate of drug-likeness (QED) is 0.589. The smallest absolute Gasteiger partial charge is 0.203 e. The molecule has 1 heterocycles. The third kappa shape index (κ3) is 3.81. The molecule has 0 aliphatic rings. The molecule has 5 nitrogen and oxygen atoms in total. The first-order valence-electron chi connectivity index (χ1n) is 10.5. The lowest BCUT2D eigenvalue weighted by Crippen LogP contribution is -2.27. The highest BCUT2D eigenvalue weighted by molar-refractivity contribution is 5.97. The number of hydrogen-bond acceptors (Lipinski definition) is 3. The molecule has 3 aromatic rings. The van der Waals surface area contributed by atoms with E-state index in [1.807, 2.05) is 89.4 Å². The Kier molecular flexibility index (Phi) is 5.44. The van der Waals surface area contributed by atoms with E-state index in [4.69, 9.17) is 5.41 Å². The number of benzene rings is 2. The van der Waals surface area contributed by atoms with E-state index >= 15 is 0 Å². The normalized spacial score (nSPS) is 12.5. The zero-order valence-corrected chi connectivity index (χ0v) is 19.1. The lowest BCUT2D eigenvalue weighted by atomic mass is 9.78. The van der Waals surface area contributed by atoms with Crippen LogP contribution in [0, 0.1) is 5.41 Å². The van der Waals surface area contributed by atoms with Crippen LogP contribution in [0.5, 0.6) is 5.75 Å². The average molecular weight is 408 g/mol. The summed E-state index contributed by atoms with van der Waals surface area (Å²) in [6.07, 6.45) is 0. The van der Waals surface area contributed by atoms with Crippen LogP contribution in [-0.4, -0.2) is 20.0 Å². The molecule has 30 heavy (non-hydrogen) atoms. The first-order chi connectivity index (χ1) is 13.9. The summed E-state index contributed by atoms with van der Waals surface area (Å²) >= 11 is 0. The molecule has 0 aliphatic carbocycles. The number of aromatic nitrogens is 2. The van der Waals surface area contributed by atoms with Crippen LogP contribution in [0.3, 0.4) is 0 Å². The number of carbonyl (C=O) groups excluding carboxylic acids is 1. The van der Waals surface area contributed by atoms with Crippen LogP contribution in [0.1, 0.15) is 70.0 Å². The van der Waals surface area contributed by atoms with Gasteiger partial charge in [-0.1, -0.05) is 53.7 Å². The number of aromatic hydroxyl groups is 1. The number of nitrogens with zero attached hydrogens (tertiary/aromatic N) is 2. The van der Waals surface area contributed by atoms with E-state index in [0.717, 1.165) is 22.2 Å². The highest BCUT2D eigenvalue weighted by Gasteiger charge is 2.28. The Balaban J connectivity index is 2.14. The van der Waals surface area contributed by atoms with Gasteiger partial charge in [-0.05, 0) is 42.0 Å². The predicted octanol–water partition coefficient (Wildman–Crippen LogP) is 5.13. The molecule has 2 aromatic carbocycles. The van der Waals surface area contributed by atoms with Gasteiger partial charge in [0, 0.05) is 23.2 Å². The number of fused-ring (bicyclic) bond motifs is 1. The zero-order chi connectivity index (χ0) is 22.4. The molecule has 0 radical (unpaired) electrons. The molecular weight excluding hydrogens is 374 g/mol. The van der Waals surface area contributed by atoms with Gasteiger partial charge in [0.1, 0.15) is 5.75 Å². The van der Waals surface area contributed by atoms with E-state index in [0.29, 0.717) is 17.7 Å². The van der Waals surface area contributed by atoms with E-state index in [1.54, 1.807) is 4.57 Å². The van der Waals surface area contributed by atoms with Crippen LogP contribution in [0.25, 0.3) is 11.0 Å². The number of carbonyl (C=O) groups is 1. The predicted molar refractivity (Wildman–Crippen MR) is 121 cm³/mol. The molecule has 0 bridgehead atoms. The molecule has 0 spiro atoms. The summed E-state index contributed by atoms with van der Waals surface area (Å²) in [7, 11) is 0. The van der Waals surface area contributed by atoms with Gasteiger partial charge in [0.15, 0.2) is 5.78 Å². The van der Waals surface area contributed by atoms with Crippen LogP contribution in [-0.2, 0) is 23.9 Å². The minimum Gasteiger partial charge on any atom is -0.507 e. The highest BCUT2D eigenvalue weighted by Crippen LogP contribution is 2.39. The van der Waals surface area contributed by atoms with Gasteiger partial charge >= 0.3 is 0 Å².